The van der Waals surface area contributed by atoms with E-state index in [1.165, 1.54) is 6.07 Å². The number of nitrogens with zero attached hydrogens (tertiary/aromatic N) is 2. The average molecular weight is 251 g/mol. The van der Waals surface area contributed by atoms with Gasteiger partial charge in [-0.15, -0.1) is 0 Å². The smallest absolute Gasteiger partial charge is 0.292 e. The molecule has 0 unspecified atom stereocenters. The molecular weight excluding hydrogens is 234 g/mol. The molecule has 1 aromatic carbocycles. The molecule has 0 aromatic heterocycles. The van der Waals surface area contributed by atoms with Gasteiger partial charge in [0.05, 0.1) is 11.5 Å². The first-order valence-corrected chi connectivity index (χ1v) is 5.68. The van der Waals surface area contributed by atoms with E-state index in [2.05, 4.69) is 5.32 Å². The SMILES string of the molecule is CCN(C)C(=O)CNc1cc(C)ccc1[N+](=O)[O-]. The third-order valence-electron chi connectivity index (χ3n) is 2.68. The van der Waals surface area contributed by atoms with Crippen LogP contribution in [0.5, 0.6) is 0 Å². The predicted octanol–water partition coefficient (Wildman–Crippen LogP) is 1.79. The van der Waals surface area contributed by atoms with E-state index in [1.807, 2.05) is 13.8 Å². The molecule has 0 aliphatic rings. The van der Waals surface area contributed by atoms with Crippen LogP contribution in [-0.4, -0.2) is 35.9 Å². The summed E-state index contributed by atoms with van der Waals surface area (Å²) in [7, 11) is 1.69. The summed E-state index contributed by atoms with van der Waals surface area (Å²) < 4.78 is 0. The van der Waals surface area contributed by atoms with Crippen LogP contribution < -0.4 is 5.32 Å². The molecule has 0 radical (unpaired) electrons. The number of nitro benzene ring substituents is 1. The number of nitro groups is 1. The third-order valence-corrected chi connectivity index (χ3v) is 2.68. The van der Waals surface area contributed by atoms with E-state index in [1.54, 1.807) is 24.1 Å². The van der Waals surface area contributed by atoms with Crippen LogP contribution >= 0.6 is 0 Å². The summed E-state index contributed by atoms with van der Waals surface area (Å²) in [5.41, 5.74) is 1.25. The highest BCUT2D eigenvalue weighted by molar-refractivity contribution is 5.81. The molecule has 1 N–H and O–H groups in total. The summed E-state index contributed by atoms with van der Waals surface area (Å²) in [5.74, 6) is -0.103. The van der Waals surface area contributed by atoms with E-state index in [0.717, 1.165) is 5.56 Å². The number of rotatable bonds is 5. The molecule has 98 valence electrons. The first-order valence-electron chi connectivity index (χ1n) is 5.68. The topological polar surface area (TPSA) is 75.5 Å². The molecular formula is C12H17N3O3. The number of likely N-dealkylation sites (N-methyl/N-ethyl adjacent to an activating group) is 1. The van der Waals surface area contributed by atoms with Crippen LogP contribution in [-0.2, 0) is 4.79 Å². The lowest BCUT2D eigenvalue weighted by atomic mass is 10.2. The second-order valence-corrected chi connectivity index (χ2v) is 4.04. The fourth-order valence-corrected chi connectivity index (χ4v) is 1.43. The Bertz CT molecular complexity index is 460. The summed E-state index contributed by atoms with van der Waals surface area (Å²) in [6.45, 7) is 4.37. The number of anilines is 1. The van der Waals surface area contributed by atoms with Crippen LogP contribution in [0.2, 0.25) is 0 Å². The van der Waals surface area contributed by atoms with Crippen molar-refractivity contribution in [2.24, 2.45) is 0 Å². The van der Waals surface area contributed by atoms with Gasteiger partial charge in [0.2, 0.25) is 5.91 Å². The van der Waals surface area contributed by atoms with Gasteiger partial charge in [0.25, 0.3) is 5.69 Å². The molecule has 0 spiro atoms. The highest BCUT2D eigenvalue weighted by Crippen LogP contribution is 2.24. The van der Waals surface area contributed by atoms with E-state index < -0.39 is 4.92 Å². The number of hydrogen-bond donors (Lipinski definition) is 1. The van der Waals surface area contributed by atoms with Crippen molar-refractivity contribution in [3.63, 3.8) is 0 Å². The molecule has 6 nitrogen and oxygen atoms in total. The Morgan fingerprint density at radius 3 is 2.72 bits per heavy atom. The zero-order chi connectivity index (χ0) is 13.7. The molecule has 0 aliphatic carbocycles. The van der Waals surface area contributed by atoms with Gasteiger partial charge in [-0.1, -0.05) is 6.07 Å². The zero-order valence-corrected chi connectivity index (χ0v) is 10.8. The molecule has 0 fully saturated rings. The fraction of sp³-hybridized carbons (Fsp3) is 0.417. The standard InChI is InChI=1S/C12H17N3O3/c1-4-14(3)12(16)8-13-10-7-9(2)5-6-11(10)15(17)18/h5-7,13H,4,8H2,1-3H3. The van der Waals surface area contributed by atoms with Crippen molar-refractivity contribution in [3.8, 4) is 0 Å². The number of benzene rings is 1. The van der Waals surface area contributed by atoms with Gasteiger partial charge in [-0.25, -0.2) is 0 Å². The van der Waals surface area contributed by atoms with Gasteiger partial charge in [0, 0.05) is 19.7 Å². The van der Waals surface area contributed by atoms with Crippen molar-refractivity contribution in [2.45, 2.75) is 13.8 Å². The molecule has 6 heteroatoms. The van der Waals surface area contributed by atoms with Crippen LogP contribution in [0, 0.1) is 17.0 Å². The highest BCUT2D eigenvalue weighted by atomic mass is 16.6. The van der Waals surface area contributed by atoms with Crippen molar-refractivity contribution in [3.05, 3.63) is 33.9 Å². The summed E-state index contributed by atoms with van der Waals surface area (Å²) in [6, 6.07) is 4.77. The average Bonchev–Trinajstić information content (AvgIpc) is 2.34. The molecule has 0 heterocycles. The number of nitrogens with one attached hydrogen (secondary N) is 1. The van der Waals surface area contributed by atoms with E-state index in [9.17, 15) is 14.9 Å². The van der Waals surface area contributed by atoms with E-state index in [-0.39, 0.29) is 18.1 Å². The minimum atomic E-state index is -0.463. The van der Waals surface area contributed by atoms with Gasteiger partial charge < -0.3 is 10.2 Å². The maximum atomic E-state index is 11.6. The summed E-state index contributed by atoms with van der Waals surface area (Å²) in [5, 5.41) is 13.7. The summed E-state index contributed by atoms with van der Waals surface area (Å²) >= 11 is 0. The number of carbonyl (C=O) groups excluding carboxylic acids is 1. The minimum Gasteiger partial charge on any atom is -0.371 e. The zero-order valence-electron chi connectivity index (χ0n) is 10.8. The Hall–Kier alpha value is -2.11. The quantitative estimate of drug-likeness (QED) is 0.639. The number of hydrogen-bond acceptors (Lipinski definition) is 4. The second-order valence-electron chi connectivity index (χ2n) is 4.04. The van der Waals surface area contributed by atoms with Gasteiger partial charge in [-0.05, 0) is 25.5 Å². The molecule has 0 saturated heterocycles. The monoisotopic (exact) mass is 251 g/mol. The van der Waals surface area contributed by atoms with E-state index in [0.29, 0.717) is 12.2 Å². The first-order chi connectivity index (χ1) is 8.45. The number of amides is 1. The lowest BCUT2D eigenvalue weighted by Crippen LogP contribution is -2.32. The molecule has 18 heavy (non-hydrogen) atoms. The Labute approximate surface area is 106 Å². The van der Waals surface area contributed by atoms with Gasteiger partial charge in [0.15, 0.2) is 0 Å². The Kier molecular flexibility index (Phi) is 4.65. The van der Waals surface area contributed by atoms with Gasteiger partial charge in [-0.2, -0.15) is 0 Å². The largest absolute Gasteiger partial charge is 0.371 e. The molecule has 0 saturated carbocycles. The van der Waals surface area contributed by atoms with Crippen LogP contribution in [0.4, 0.5) is 11.4 Å². The third kappa shape index (κ3) is 3.44. The number of aryl methyl sites for hydroxylation is 1. The van der Waals surface area contributed by atoms with Crippen LogP contribution in [0.25, 0.3) is 0 Å². The van der Waals surface area contributed by atoms with Gasteiger partial charge in [-0.3, -0.25) is 14.9 Å². The maximum absolute atomic E-state index is 11.6. The van der Waals surface area contributed by atoms with Crippen molar-refractivity contribution >= 4 is 17.3 Å². The maximum Gasteiger partial charge on any atom is 0.292 e. The Morgan fingerprint density at radius 2 is 2.17 bits per heavy atom. The highest BCUT2D eigenvalue weighted by Gasteiger charge is 2.14. The molecule has 0 bridgehead atoms. The van der Waals surface area contributed by atoms with E-state index >= 15 is 0 Å². The van der Waals surface area contributed by atoms with Crippen LogP contribution in [0.15, 0.2) is 18.2 Å². The van der Waals surface area contributed by atoms with Crippen LogP contribution in [0.1, 0.15) is 12.5 Å². The second kappa shape index (κ2) is 6.00. The predicted molar refractivity (Wildman–Crippen MR) is 69.6 cm³/mol. The lowest BCUT2D eigenvalue weighted by Gasteiger charge is -2.15. The van der Waals surface area contributed by atoms with Crippen LogP contribution in [0.3, 0.4) is 0 Å². The molecule has 0 aliphatic heterocycles. The molecule has 1 rings (SSSR count). The lowest BCUT2D eigenvalue weighted by molar-refractivity contribution is -0.384. The summed E-state index contributed by atoms with van der Waals surface area (Å²) in [4.78, 5) is 23.5. The molecule has 0 atom stereocenters. The number of carbonyl (C=O) groups is 1. The van der Waals surface area contributed by atoms with Gasteiger partial charge >= 0.3 is 0 Å². The first kappa shape index (κ1) is 14.0. The van der Waals surface area contributed by atoms with Crippen molar-refractivity contribution in [1.29, 1.82) is 0 Å². The molecule has 1 aromatic rings. The Morgan fingerprint density at radius 1 is 1.50 bits per heavy atom. The summed E-state index contributed by atoms with van der Waals surface area (Å²) in [6.07, 6.45) is 0. The van der Waals surface area contributed by atoms with Gasteiger partial charge in [0.1, 0.15) is 5.69 Å². The fourth-order valence-electron chi connectivity index (χ4n) is 1.43. The molecule has 1 amide bonds. The Balaban J connectivity index is 2.81. The van der Waals surface area contributed by atoms with Crippen molar-refractivity contribution < 1.29 is 9.72 Å². The van der Waals surface area contributed by atoms with E-state index in [4.69, 9.17) is 0 Å². The van der Waals surface area contributed by atoms with Crippen molar-refractivity contribution in [2.75, 3.05) is 25.5 Å². The van der Waals surface area contributed by atoms with Crippen molar-refractivity contribution in [1.82, 2.24) is 4.90 Å². The minimum absolute atomic E-state index is 0.0208. The normalized spacial score (nSPS) is 9.94.